The monoisotopic (exact) mass is 272 g/mol. The number of thiazole rings is 1. The number of rotatable bonds is 6. The Morgan fingerprint density at radius 1 is 1.53 bits per heavy atom. The van der Waals surface area contributed by atoms with E-state index in [1.165, 1.54) is 4.88 Å². The first kappa shape index (κ1) is 14.3. The Morgan fingerprint density at radius 3 is 2.94 bits per heavy atom. The molecule has 0 aromatic carbocycles. The van der Waals surface area contributed by atoms with Gasteiger partial charge in [-0.15, -0.1) is 11.3 Å². The van der Waals surface area contributed by atoms with Gasteiger partial charge in [0.25, 0.3) is 0 Å². The minimum atomic E-state index is 0.646. The number of aromatic nitrogens is 1. The maximum Gasteiger partial charge on any atom is 0.191 e. The quantitative estimate of drug-likeness (QED) is 0.471. The maximum atomic E-state index is 4.50. The van der Waals surface area contributed by atoms with E-state index in [2.05, 4.69) is 40.7 Å². The Bertz CT molecular complexity index is 349. The van der Waals surface area contributed by atoms with E-state index in [9.17, 15) is 0 Å². The Labute approximate surface area is 111 Å². The predicted molar refractivity (Wildman–Crippen MR) is 78.1 cm³/mol. The van der Waals surface area contributed by atoms with E-state index in [1.54, 1.807) is 11.3 Å². The minimum Gasteiger partial charge on any atom is -0.357 e. The van der Waals surface area contributed by atoms with Gasteiger partial charge >= 0.3 is 0 Å². The van der Waals surface area contributed by atoms with E-state index in [4.69, 9.17) is 0 Å². The van der Waals surface area contributed by atoms with E-state index in [-0.39, 0.29) is 0 Å². The lowest BCUT2D eigenvalue weighted by Crippen LogP contribution is -2.38. The van der Waals surface area contributed by atoms with Gasteiger partial charge < -0.3 is 10.6 Å². The second-order valence-electron chi connectivity index (χ2n) is 3.48. The van der Waals surface area contributed by atoms with Crippen LogP contribution in [0.25, 0.3) is 0 Å². The normalized spacial score (nSPS) is 11.6. The number of thioether (sulfide) groups is 1. The molecule has 0 fully saturated rings. The molecule has 17 heavy (non-hydrogen) atoms. The molecule has 0 aliphatic rings. The Balaban J connectivity index is 2.44. The van der Waals surface area contributed by atoms with Crippen molar-refractivity contribution in [1.82, 2.24) is 15.6 Å². The van der Waals surface area contributed by atoms with Crippen LogP contribution in [0.5, 0.6) is 0 Å². The molecule has 0 amide bonds. The molecule has 2 N–H and O–H groups in total. The average Bonchev–Trinajstić information content (AvgIpc) is 2.72. The van der Waals surface area contributed by atoms with Crippen LogP contribution in [0.1, 0.15) is 16.8 Å². The zero-order valence-electron chi connectivity index (χ0n) is 10.6. The first-order chi connectivity index (χ1) is 8.26. The van der Waals surface area contributed by atoms with E-state index in [1.807, 2.05) is 18.0 Å². The van der Waals surface area contributed by atoms with Gasteiger partial charge in [-0.05, 0) is 20.1 Å². The van der Waals surface area contributed by atoms with Crippen LogP contribution in [0.3, 0.4) is 0 Å². The van der Waals surface area contributed by atoms with Gasteiger partial charge in [0, 0.05) is 29.9 Å². The second-order valence-corrected chi connectivity index (χ2v) is 5.78. The summed E-state index contributed by atoms with van der Waals surface area (Å²) in [5.41, 5.74) is 0. The van der Waals surface area contributed by atoms with Crippen molar-refractivity contribution in [3.05, 3.63) is 16.1 Å². The van der Waals surface area contributed by atoms with E-state index >= 15 is 0 Å². The molecule has 1 aromatic rings. The van der Waals surface area contributed by atoms with E-state index < -0.39 is 0 Å². The van der Waals surface area contributed by atoms with Crippen molar-refractivity contribution in [1.29, 1.82) is 0 Å². The van der Waals surface area contributed by atoms with Crippen LogP contribution in [0.15, 0.2) is 11.2 Å². The lowest BCUT2D eigenvalue weighted by Gasteiger charge is -2.09. The SMILES string of the molecule is CCNC(=NCc1ncc(C)s1)NCCSC. The molecule has 1 heterocycles. The summed E-state index contributed by atoms with van der Waals surface area (Å²) >= 11 is 3.52. The van der Waals surface area contributed by atoms with Crippen molar-refractivity contribution in [2.24, 2.45) is 4.99 Å². The molecule has 0 bridgehead atoms. The highest BCUT2D eigenvalue weighted by Gasteiger charge is 1.99. The summed E-state index contributed by atoms with van der Waals surface area (Å²) in [6.07, 6.45) is 3.99. The molecule has 0 aliphatic heterocycles. The zero-order chi connectivity index (χ0) is 12.5. The molecule has 0 aliphatic carbocycles. The second kappa shape index (κ2) is 8.36. The Morgan fingerprint density at radius 2 is 2.35 bits per heavy atom. The highest BCUT2D eigenvalue weighted by atomic mass is 32.2. The predicted octanol–water partition coefficient (Wildman–Crippen LogP) is 1.87. The largest absolute Gasteiger partial charge is 0.357 e. The van der Waals surface area contributed by atoms with Gasteiger partial charge in [0.2, 0.25) is 0 Å². The van der Waals surface area contributed by atoms with Crippen LogP contribution in [-0.4, -0.2) is 36.0 Å². The van der Waals surface area contributed by atoms with Gasteiger partial charge in [0.05, 0.1) is 6.54 Å². The molecule has 0 saturated heterocycles. The summed E-state index contributed by atoms with van der Waals surface area (Å²) < 4.78 is 0. The van der Waals surface area contributed by atoms with Crippen LogP contribution in [-0.2, 0) is 6.54 Å². The number of hydrogen-bond acceptors (Lipinski definition) is 4. The van der Waals surface area contributed by atoms with Gasteiger partial charge in [0.15, 0.2) is 5.96 Å². The van der Waals surface area contributed by atoms with Crippen molar-refractivity contribution in [3.63, 3.8) is 0 Å². The topological polar surface area (TPSA) is 49.3 Å². The van der Waals surface area contributed by atoms with Crippen LogP contribution < -0.4 is 10.6 Å². The number of hydrogen-bond donors (Lipinski definition) is 2. The van der Waals surface area contributed by atoms with Gasteiger partial charge in [-0.1, -0.05) is 0 Å². The molecular formula is C11H20N4S2. The molecule has 1 rings (SSSR count). The van der Waals surface area contributed by atoms with Crippen LogP contribution in [0.2, 0.25) is 0 Å². The zero-order valence-corrected chi connectivity index (χ0v) is 12.2. The fraction of sp³-hybridized carbons (Fsp3) is 0.636. The molecule has 0 radical (unpaired) electrons. The standard InChI is InChI=1S/C11H20N4S2/c1-4-12-11(13-5-6-16-3)15-8-10-14-7-9(2)17-10/h7H,4-6,8H2,1-3H3,(H2,12,13,15). The van der Waals surface area contributed by atoms with Crippen LogP contribution >= 0.6 is 23.1 Å². The minimum absolute atomic E-state index is 0.646. The Hall–Kier alpha value is -0.750. The summed E-state index contributed by atoms with van der Waals surface area (Å²) in [6, 6.07) is 0. The molecule has 0 atom stereocenters. The average molecular weight is 272 g/mol. The van der Waals surface area contributed by atoms with Gasteiger partial charge in [-0.3, -0.25) is 0 Å². The third-order valence-corrected chi connectivity index (χ3v) is 3.49. The van der Waals surface area contributed by atoms with Crippen molar-refractivity contribution in [2.45, 2.75) is 20.4 Å². The first-order valence-electron chi connectivity index (χ1n) is 5.68. The molecule has 0 unspecified atom stereocenters. The summed E-state index contributed by atoms with van der Waals surface area (Å²) in [7, 11) is 0. The highest BCUT2D eigenvalue weighted by molar-refractivity contribution is 7.98. The lowest BCUT2D eigenvalue weighted by atomic mass is 10.6. The van der Waals surface area contributed by atoms with Crippen molar-refractivity contribution in [2.75, 3.05) is 25.1 Å². The summed E-state index contributed by atoms with van der Waals surface area (Å²) in [5, 5.41) is 7.58. The molecule has 96 valence electrons. The van der Waals surface area contributed by atoms with Gasteiger partial charge in [0.1, 0.15) is 5.01 Å². The summed E-state index contributed by atoms with van der Waals surface area (Å²) in [6.45, 7) is 6.59. The number of nitrogens with zero attached hydrogens (tertiary/aromatic N) is 2. The van der Waals surface area contributed by atoms with Gasteiger partial charge in [-0.2, -0.15) is 11.8 Å². The molecular weight excluding hydrogens is 252 g/mol. The number of aryl methyl sites for hydroxylation is 1. The summed E-state index contributed by atoms with van der Waals surface area (Å²) in [5.74, 6) is 1.95. The molecule has 1 aromatic heterocycles. The molecule has 4 nitrogen and oxygen atoms in total. The lowest BCUT2D eigenvalue weighted by molar-refractivity contribution is 0.841. The third-order valence-electron chi connectivity index (χ3n) is 1.98. The van der Waals surface area contributed by atoms with E-state index in [0.29, 0.717) is 6.54 Å². The number of aliphatic imine (C=N–C) groups is 1. The highest BCUT2D eigenvalue weighted by Crippen LogP contribution is 2.11. The van der Waals surface area contributed by atoms with Crippen molar-refractivity contribution < 1.29 is 0 Å². The fourth-order valence-electron chi connectivity index (χ4n) is 1.23. The van der Waals surface area contributed by atoms with E-state index in [0.717, 1.165) is 29.8 Å². The number of nitrogens with one attached hydrogen (secondary N) is 2. The smallest absolute Gasteiger partial charge is 0.191 e. The summed E-state index contributed by atoms with van der Waals surface area (Å²) in [4.78, 5) is 10.0. The van der Waals surface area contributed by atoms with Crippen molar-refractivity contribution >= 4 is 29.1 Å². The van der Waals surface area contributed by atoms with Crippen molar-refractivity contribution in [3.8, 4) is 0 Å². The fourth-order valence-corrected chi connectivity index (χ4v) is 2.25. The van der Waals surface area contributed by atoms with Crippen LogP contribution in [0, 0.1) is 6.92 Å². The number of guanidine groups is 1. The molecule has 0 saturated carbocycles. The Kier molecular flexibility index (Phi) is 7.04. The third kappa shape index (κ3) is 5.93. The maximum absolute atomic E-state index is 4.50. The first-order valence-corrected chi connectivity index (χ1v) is 7.89. The molecule has 0 spiro atoms. The van der Waals surface area contributed by atoms with Gasteiger partial charge in [-0.25, -0.2) is 9.98 Å². The molecule has 6 heteroatoms. The van der Waals surface area contributed by atoms with Crippen LogP contribution in [0.4, 0.5) is 0 Å².